The number of aromatic nitrogens is 1. The Labute approximate surface area is 136 Å². The second kappa shape index (κ2) is 6.33. The topological polar surface area (TPSA) is 74.3 Å². The molecule has 1 fully saturated rings. The van der Waals surface area contributed by atoms with E-state index in [4.69, 9.17) is 0 Å². The van der Waals surface area contributed by atoms with Crippen molar-refractivity contribution in [1.29, 1.82) is 0 Å². The molecule has 0 radical (unpaired) electrons. The van der Waals surface area contributed by atoms with Crippen LogP contribution >= 0.6 is 11.3 Å². The molecule has 0 spiro atoms. The van der Waals surface area contributed by atoms with Crippen LogP contribution in [0.1, 0.15) is 12.1 Å². The molecule has 0 unspecified atom stereocenters. The maximum atomic E-state index is 13.0. The summed E-state index contributed by atoms with van der Waals surface area (Å²) in [5, 5.41) is 7.75. The van der Waals surface area contributed by atoms with Crippen LogP contribution in [0.15, 0.2) is 29.6 Å². The molecule has 0 saturated carbocycles. The van der Waals surface area contributed by atoms with E-state index in [1.165, 1.54) is 28.4 Å². The molecule has 8 heteroatoms. The Bertz CT molecular complexity index is 731. The molecule has 2 aromatic rings. The van der Waals surface area contributed by atoms with Crippen LogP contribution in [0.4, 0.5) is 20.0 Å². The van der Waals surface area contributed by atoms with E-state index in [1.54, 1.807) is 12.1 Å². The Morgan fingerprint density at radius 1 is 1.39 bits per heavy atom. The smallest absolute Gasteiger partial charge is 0.321 e. The molecule has 2 N–H and O–H groups in total. The molecular formula is C15H15FN4O2S. The summed E-state index contributed by atoms with van der Waals surface area (Å²) >= 11 is 1.34. The van der Waals surface area contributed by atoms with E-state index >= 15 is 0 Å². The Morgan fingerprint density at radius 3 is 2.78 bits per heavy atom. The minimum absolute atomic E-state index is 0.105. The SMILES string of the molecule is Cc1csc(NC(=O)N[C@@H]2CC(=O)N(c3ccc(F)cc3)C2)n1. The van der Waals surface area contributed by atoms with Gasteiger partial charge in [0, 0.05) is 24.0 Å². The van der Waals surface area contributed by atoms with Crippen molar-refractivity contribution in [2.75, 3.05) is 16.8 Å². The summed E-state index contributed by atoms with van der Waals surface area (Å²) in [6.45, 7) is 2.20. The van der Waals surface area contributed by atoms with Gasteiger partial charge in [-0.3, -0.25) is 10.1 Å². The van der Waals surface area contributed by atoms with Crippen LogP contribution in [0, 0.1) is 12.7 Å². The second-order valence-corrected chi connectivity index (χ2v) is 6.13. The van der Waals surface area contributed by atoms with Gasteiger partial charge in [-0.05, 0) is 31.2 Å². The fraction of sp³-hybridized carbons (Fsp3) is 0.267. The summed E-state index contributed by atoms with van der Waals surface area (Å²) in [5.41, 5.74) is 1.46. The molecule has 120 valence electrons. The molecule has 2 heterocycles. The normalized spacial score (nSPS) is 17.4. The highest BCUT2D eigenvalue weighted by Crippen LogP contribution is 2.22. The van der Waals surface area contributed by atoms with Crippen LogP contribution in [0.3, 0.4) is 0 Å². The molecule has 1 aromatic heterocycles. The van der Waals surface area contributed by atoms with Crippen LogP contribution in [0.25, 0.3) is 0 Å². The van der Waals surface area contributed by atoms with Crippen LogP contribution in [-0.2, 0) is 4.79 Å². The van der Waals surface area contributed by atoms with Crippen LogP contribution in [0.2, 0.25) is 0 Å². The lowest BCUT2D eigenvalue weighted by Gasteiger charge is -2.17. The largest absolute Gasteiger partial charge is 0.333 e. The van der Waals surface area contributed by atoms with Gasteiger partial charge in [-0.2, -0.15) is 0 Å². The van der Waals surface area contributed by atoms with E-state index in [0.29, 0.717) is 17.4 Å². The van der Waals surface area contributed by atoms with Gasteiger partial charge in [0.05, 0.1) is 11.7 Å². The predicted molar refractivity (Wildman–Crippen MR) is 86.2 cm³/mol. The number of hydrogen-bond donors (Lipinski definition) is 2. The van der Waals surface area contributed by atoms with Crippen molar-refractivity contribution in [3.8, 4) is 0 Å². The first-order valence-corrected chi connectivity index (χ1v) is 7.95. The Hall–Kier alpha value is -2.48. The molecule has 23 heavy (non-hydrogen) atoms. The maximum Gasteiger partial charge on any atom is 0.321 e. The zero-order chi connectivity index (χ0) is 16.4. The highest BCUT2D eigenvalue weighted by Gasteiger charge is 2.31. The number of aryl methyl sites for hydroxylation is 1. The molecule has 0 aliphatic carbocycles. The quantitative estimate of drug-likeness (QED) is 0.906. The Morgan fingerprint density at radius 2 is 2.13 bits per heavy atom. The molecule has 1 aromatic carbocycles. The third-order valence-corrected chi connectivity index (χ3v) is 4.31. The van der Waals surface area contributed by atoms with Gasteiger partial charge in [0.2, 0.25) is 5.91 Å². The molecule has 1 aliphatic heterocycles. The lowest BCUT2D eigenvalue weighted by Crippen LogP contribution is -2.39. The lowest BCUT2D eigenvalue weighted by molar-refractivity contribution is -0.117. The monoisotopic (exact) mass is 334 g/mol. The van der Waals surface area contributed by atoms with E-state index < -0.39 is 6.03 Å². The third kappa shape index (κ3) is 3.65. The number of nitrogens with zero attached hydrogens (tertiary/aromatic N) is 2. The molecule has 6 nitrogen and oxygen atoms in total. The third-order valence-electron chi connectivity index (χ3n) is 3.44. The van der Waals surface area contributed by atoms with Gasteiger partial charge >= 0.3 is 6.03 Å². The molecule has 1 saturated heterocycles. The number of carbonyl (C=O) groups is 2. The number of anilines is 2. The number of halogens is 1. The van der Waals surface area contributed by atoms with E-state index in [2.05, 4.69) is 15.6 Å². The van der Waals surface area contributed by atoms with Gasteiger partial charge in [0.15, 0.2) is 5.13 Å². The van der Waals surface area contributed by atoms with Gasteiger partial charge < -0.3 is 10.2 Å². The fourth-order valence-electron chi connectivity index (χ4n) is 2.40. The minimum atomic E-state index is -0.391. The zero-order valence-electron chi connectivity index (χ0n) is 12.4. The van der Waals surface area contributed by atoms with Gasteiger partial charge in [0.1, 0.15) is 5.82 Å². The zero-order valence-corrected chi connectivity index (χ0v) is 13.2. The standard InChI is InChI=1S/C15H15FN4O2S/c1-9-8-23-15(17-9)19-14(22)18-11-6-13(21)20(7-11)12-4-2-10(16)3-5-12/h2-5,8,11H,6-7H2,1H3,(H2,17,18,19,22)/t11-/m1/s1. The number of hydrogen-bond acceptors (Lipinski definition) is 4. The summed E-state index contributed by atoms with van der Waals surface area (Å²) in [6, 6.07) is 5.02. The van der Waals surface area contributed by atoms with Crippen LogP contribution in [0.5, 0.6) is 0 Å². The van der Waals surface area contributed by atoms with Gasteiger partial charge in [0.25, 0.3) is 0 Å². The maximum absolute atomic E-state index is 13.0. The van der Waals surface area contributed by atoms with Crippen molar-refractivity contribution in [2.45, 2.75) is 19.4 Å². The van der Waals surface area contributed by atoms with Crippen LogP contribution in [-0.4, -0.2) is 29.5 Å². The number of carbonyl (C=O) groups excluding carboxylic acids is 2. The summed E-state index contributed by atoms with van der Waals surface area (Å²) < 4.78 is 13.0. The molecular weight excluding hydrogens is 319 g/mol. The van der Waals surface area contributed by atoms with Crippen molar-refractivity contribution in [3.63, 3.8) is 0 Å². The summed E-state index contributed by atoms with van der Waals surface area (Å²) in [6.07, 6.45) is 0.210. The van der Waals surface area contributed by atoms with E-state index in [9.17, 15) is 14.0 Å². The number of nitrogens with one attached hydrogen (secondary N) is 2. The number of amides is 3. The first-order chi connectivity index (χ1) is 11.0. The number of thiazole rings is 1. The number of rotatable bonds is 3. The van der Waals surface area contributed by atoms with E-state index in [0.717, 1.165) is 5.69 Å². The molecule has 1 atom stereocenters. The summed E-state index contributed by atoms with van der Waals surface area (Å²) in [7, 11) is 0. The first-order valence-electron chi connectivity index (χ1n) is 7.07. The number of benzene rings is 1. The van der Waals surface area contributed by atoms with E-state index in [-0.39, 0.29) is 24.2 Å². The molecule has 3 rings (SSSR count). The fourth-order valence-corrected chi connectivity index (χ4v) is 3.09. The first kappa shape index (κ1) is 15.4. The highest BCUT2D eigenvalue weighted by molar-refractivity contribution is 7.13. The predicted octanol–water partition coefficient (Wildman–Crippen LogP) is 2.52. The van der Waals surface area contributed by atoms with Crippen molar-refractivity contribution >= 4 is 34.1 Å². The Kier molecular flexibility index (Phi) is 4.24. The minimum Gasteiger partial charge on any atom is -0.333 e. The molecule has 1 aliphatic rings. The average molecular weight is 334 g/mol. The summed E-state index contributed by atoms with van der Waals surface area (Å²) in [5.74, 6) is -0.458. The Balaban J connectivity index is 1.59. The van der Waals surface area contributed by atoms with Gasteiger partial charge in [-0.25, -0.2) is 14.2 Å². The van der Waals surface area contributed by atoms with Crippen molar-refractivity contribution in [3.05, 3.63) is 41.2 Å². The van der Waals surface area contributed by atoms with E-state index in [1.807, 2.05) is 12.3 Å². The van der Waals surface area contributed by atoms with Gasteiger partial charge in [-0.15, -0.1) is 11.3 Å². The average Bonchev–Trinajstić information content (AvgIpc) is 3.06. The summed E-state index contributed by atoms with van der Waals surface area (Å²) in [4.78, 5) is 29.7. The number of urea groups is 1. The van der Waals surface area contributed by atoms with Gasteiger partial charge in [-0.1, -0.05) is 0 Å². The van der Waals surface area contributed by atoms with Crippen LogP contribution < -0.4 is 15.5 Å². The van der Waals surface area contributed by atoms with Crippen molar-refractivity contribution in [1.82, 2.24) is 10.3 Å². The van der Waals surface area contributed by atoms with Crippen molar-refractivity contribution < 1.29 is 14.0 Å². The molecule has 0 bridgehead atoms. The van der Waals surface area contributed by atoms with Crippen molar-refractivity contribution in [2.24, 2.45) is 0 Å². The molecule has 3 amide bonds. The highest BCUT2D eigenvalue weighted by atomic mass is 32.1. The lowest BCUT2D eigenvalue weighted by atomic mass is 10.2. The second-order valence-electron chi connectivity index (χ2n) is 5.27.